The summed E-state index contributed by atoms with van der Waals surface area (Å²) in [6.07, 6.45) is 3.66. The van der Waals surface area contributed by atoms with Gasteiger partial charge in [0.15, 0.2) is 0 Å². The SMILES string of the molecule is O=C(CC1(C(=O)O)CCC1)N1CCCC(c2nc(-c3ccc(F)cc3)no2)C1. The topological polar surface area (TPSA) is 96.5 Å². The number of carboxylic acid groups (broad SMARTS) is 1. The minimum Gasteiger partial charge on any atom is -0.481 e. The molecule has 1 saturated carbocycles. The Balaban J connectivity index is 1.43. The Kier molecular flexibility index (Phi) is 4.87. The molecule has 1 saturated heterocycles. The Morgan fingerprint density at radius 2 is 2.00 bits per heavy atom. The lowest BCUT2D eigenvalue weighted by Crippen LogP contribution is -2.46. The molecule has 1 aromatic heterocycles. The van der Waals surface area contributed by atoms with Gasteiger partial charge in [-0.3, -0.25) is 9.59 Å². The highest BCUT2D eigenvalue weighted by atomic mass is 19.1. The molecular weight excluding hydrogens is 365 g/mol. The van der Waals surface area contributed by atoms with Crippen LogP contribution in [0.5, 0.6) is 0 Å². The first-order chi connectivity index (χ1) is 13.5. The number of hydrogen-bond donors (Lipinski definition) is 1. The number of carbonyl (C=O) groups is 2. The van der Waals surface area contributed by atoms with Gasteiger partial charge >= 0.3 is 5.97 Å². The summed E-state index contributed by atoms with van der Waals surface area (Å²) in [5.41, 5.74) is -0.224. The molecule has 1 aromatic carbocycles. The van der Waals surface area contributed by atoms with Crippen LogP contribution < -0.4 is 0 Å². The highest BCUT2D eigenvalue weighted by Gasteiger charge is 2.47. The van der Waals surface area contributed by atoms with E-state index in [0.29, 0.717) is 43.2 Å². The first-order valence-electron chi connectivity index (χ1n) is 9.58. The molecule has 0 spiro atoms. The molecule has 2 aliphatic rings. The van der Waals surface area contributed by atoms with Gasteiger partial charge in [0.2, 0.25) is 17.6 Å². The fourth-order valence-electron chi connectivity index (χ4n) is 3.99. The van der Waals surface area contributed by atoms with E-state index in [4.69, 9.17) is 4.52 Å². The van der Waals surface area contributed by atoms with E-state index in [0.717, 1.165) is 19.3 Å². The molecule has 0 radical (unpaired) electrons. The maximum absolute atomic E-state index is 13.1. The number of piperidine rings is 1. The van der Waals surface area contributed by atoms with E-state index in [1.54, 1.807) is 17.0 Å². The summed E-state index contributed by atoms with van der Waals surface area (Å²) < 4.78 is 18.5. The third-order valence-corrected chi connectivity index (χ3v) is 5.92. The molecule has 1 amide bonds. The average Bonchev–Trinajstić information content (AvgIpc) is 3.15. The lowest BCUT2D eigenvalue weighted by atomic mass is 9.66. The van der Waals surface area contributed by atoms with Crippen LogP contribution in [0, 0.1) is 11.2 Å². The average molecular weight is 387 g/mol. The van der Waals surface area contributed by atoms with Gasteiger partial charge in [-0.1, -0.05) is 11.6 Å². The summed E-state index contributed by atoms with van der Waals surface area (Å²) >= 11 is 0. The predicted molar refractivity (Wildman–Crippen MR) is 96.8 cm³/mol. The van der Waals surface area contributed by atoms with Crippen molar-refractivity contribution in [1.29, 1.82) is 0 Å². The number of aromatic nitrogens is 2. The number of carboxylic acids is 1. The van der Waals surface area contributed by atoms with Crippen LogP contribution in [0.2, 0.25) is 0 Å². The van der Waals surface area contributed by atoms with Crippen LogP contribution >= 0.6 is 0 Å². The van der Waals surface area contributed by atoms with Gasteiger partial charge in [-0.2, -0.15) is 4.98 Å². The molecule has 1 aliphatic heterocycles. The van der Waals surface area contributed by atoms with Crippen molar-refractivity contribution in [3.63, 3.8) is 0 Å². The number of amides is 1. The number of rotatable bonds is 5. The Labute approximate surface area is 161 Å². The minimum atomic E-state index is -0.885. The zero-order valence-electron chi connectivity index (χ0n) is 15.4. The summed E-state index contributed by atoms with van der Waals surface area (Å²) in [6, 6.07) is 5.85. The van der Waals surface area contributed by atoms with E-state index in [-0.39, 0.29) is 24.1 Å². The van der Waals surface area contributed by atoms with Crippen molar-refractivity contribution in [3.8, 4) is 11.4 Å². The van der Waals surface area contributed by atoms with Crippen molar-refractivity contribution in [3.05, 3.63) is 36.0 Å². The van der Waals surface area contributed by atoms with E-state index in [9.17, 15) is 19.1 Å². The van der Waals surface area contributed by atoms with E-state index >= 15 is 0 Å². The quantitative estimate of drug-likeness (QED) is 0.846. The molecule has 2 fully saturated rings. The summed E-state index contributed by atoms with van der Waals surface area (Å²) in [6.45, 7) is 1.06. The number of carbonyl (C=O) groups excluding carboxylic acids is 1. The highest BCUT2D eigenvalue weighted by Crippen LogP contribution is 2.45. The van der Waals surface area contributed by atoms with Crippen LogP contribution in [0.25, 0.3) is 11.4 Å². The van der Waals surface area contributed by atoms with Crippen LogP contribution in [-0.4, -0.2) is 45.1 Å². The van der Waals surface area contributed by atoms with E-state index < -0.39 is 11.4 Å². The third-order valence-electron chi connectivity index (χ3n) is 5.92. The molecule has 1 atom stereocenters. The van der Waals surface area contributed by atoms with Crippen molar-refractivity contribution in [2.75, 3.05) is 13.1 Å². The summed E-state index contributed by atoms with van der Waals surface area (Å²) in [7, 11) is 0. The summed E-state index contributed by atoms with van der Waals surface area (Å²) in [5.74, 6) is -0.571. The van der Waals surface area contributed by atoms with Crippen molar-refractivity contribution < 1.29 is 23.6 Å². The van der Waals surface area contributed by atoms with Crippen molar-refractivity contribution in [1.82, 2.24) is 15.0 Å². The Bertz CT molecular complexity index is 876. The van der Waals surface area contributed by atoms with E-state index in [1.807, 2.05) is 0 Å². The number of halogens is 1. The second kappa shape index (κ2) is 7.33. The molecule has 1 N–H and O–H groups in total. The monoisotopic (exact) mass is 387 g/mol. The Hall–Kier alpha value is -2.77. The van der Waals surface area contributed by atoms with Gasteiger partial charge in [-0.25, -0.2) is 4.39 Å². The molecule has 8 heteroatoms. The number of benzene rings is 1. The van der Waals surface area contributed by atoms with Gasteiger partial charge in [0.1, 0.15) is 5.82 Å². The maximum Gasteiger partial charge on any atom is 0.310 e. The number of likely N-dealkylation sites (tertiary alicyclic amines) is 1. The molecule has 28 heavy (non-hydrogen) atoms. The lowest BCUT2D eigenvalue weighted by molar-refractivity contribution is -0.159. The molecule has 7 nitrogen and oxygen atoms in total. The molecular formula is C20H22FN3O4. The summed E-state index contributed by atoms with van der Waals surface area (Å²) in [5, 5.41) is 13.4. The second-order valence-corrected chi connectivity index (χ2v) is 7.76. The molecule has 2 aromatic rings. The van der Waals surface area contributed by atoms with Crippen LogP contribution in [-0.2, 0) is 9.59 Å². The van der Waals surface area contributed by atoms with Crippen molar-refractivity contribution in [2.24, 2.45) is 5.41 Å². The first-order valence-corrected chi connectivity index (χ1v) is 9.58. The second-order valence-electron chi connectivity index (χ2n) is 7.76. The van der Waals surface area contributed by atoms with Crippen molar-refractivity contribution in [2.45, 2.75) is 44.4 Å². The van der Waals surface area contributed by atoms with Gasteiger partial charge in [0.05, 0.1) is 11.3 Å². The summed E-state index contributed by atoms with van der Waals surface area (Å²) in [4.78, 5) is 30.4. The van der Waals surface area contributed by atoms with Crippen molar-refractivity contribution >= 4 is 11.9 Å². The number of aliphatic carboxylic acids is 1. The fourth-order valence-corrected chi connectivity index (χ4v) is 3.99. The smallest absolute Gasteiger partial charge is 0.310 e. The zero-order chi connectivity index (χ0) is 19.7. The number of hydrogen-bond acceptors (Lipinski definition) is 5. The highest BCUT2D eigenvalue weighted by molar-refractivity contribution is 5.85. The van der Waals surface area contributed by atoms with Crippen LogP contribution in [0.3, 0.4) is 0 Å². The standard InChI is InChI=1S/C20H22FN3O4/c21-15-6-4-13(5-7-15)17-22-18(28-23-17)14-3-1-10-24(12-14)16(25)11-20(19(26)27)8-2-9-20/h4-7,14H,1-3,8-12H2,(H,26,27). The third kappa shape index (κ3) is 3.50. The largest absolute Gasteiger partial charge is 0.481 e. The van der Waals surface area contributed by atoms with Crippen LogP contribution in [0.15, 0.2) is 28.8 Å². The van der Waals surface area contributed by atoms with E-state index in [1.165, 1.54) is 12.1 Å². The Morgan fingerprint density at radius 3 is 2.64 bits per heavy atom. The van der Waals surface area contributed by atoms with Gasteiger partial charge in [-0.05, 0) is 49.9 Å². The minimum absolute atomic E-state index is 0.0553. The molecule has 4 rings (SSSR count). The maximum atomic E-state index is 13.1. The Morgan fingerprint density at radius 1 is 1.25 bits per heavy atom. The predicted octanol–water partition coefficient (Wildman–Crippen LogP) is 3.23. The molecule has 0 bridgehead atoms. The molecule has 2 heterocycles. The van der Waals surface area contributed by atoms with Gasteiger partial charge in [-0.15, -0.1) is 0 Å². The van der Waals surface area contributed by atoms with Gasteiger partial charge < -0.3 is 14.5 Å². The van der Waals surface area contributed by atoms with Crippen LogP contribution in [0.4, 0.5) is 4.39 Å². The van der Waals surface area contributed by atoms with Gasteiger partial charge in [0.25, 0.3) is 0 Å². The zero-order valence-corrected chi connectivity index (χ0v) is 15.4. The fraction of sp³-hybridized carbons (Fsp3) is 0.500. The normalized spacial score (nSPS) is 21.2. The lowest BCUT2D eigenvalue weighted by Gasteiger charge is -2.39. The van der Waals surface area contributed by atoms with E-state index in [2.05, 4.69) is 10.1 Å². The molecule has 1 unspecified atom stereocenters. The van der Waals surface area contributed by atoms with Gasteiger partial charge in [0, 0.05) is 25.1 Å². The first kappa shape index (κ1) is 18.6. The molecule has 1 aliphatic carbocycles. The molecule has 148 valence electrons. The number of nitrogens with zero attached hydrogens (tertiary/aromatic N) is 3. The van der Waals surface area contributed by atoms with Crippen LogP contribution in [0.1, 0.15) is 50.3 Å².